The molecule has 0 bridgehead atoms. The highest BCUT2D eigenvalue weighted by atomic mass is 19.4. The van der Waals surface area contributed by atoms with Gasteiger partial charge < -0.3 is 11.1 Å². The number of carbonyl (C=O) groups is 1. The molecular formula is C8H15F3N2O. The van der Waals surface area contributed by atoms with Gasteiger partial charge in [0, 0.05) is 19.4 Å². The number of halogens is 3. The van der Waals surface area contributed by atoms with Crippen molar-refractivity contribution in [3.63, 3.8) is 0 Å². The summed E-state index contributed by atoms with van der Waals surface area (Å²) in [6, 6.07) is 0. The van der Waals surface area contributed by atoms with Crippen molar-refractivity contribution in [2.45, 2.75) is 31.9 Å². The van der Waals surface area contributed by atoms with Gasteiger partial charge in [0.05, 0.1) is 0 Å². The fraction of sp³-hybridized carbons (Fsp3) is 0.875. The van der Waals surface area contributed by atoms with Crippen molar-refractivity contribution in [1.82, 2.24) is 5.32 Å². The van der Waals surface area contributed by atoms with E-state index in [1.165, 1.54) is 0 Å². The molecule has 3 N–H and O–H groups in total. The molecule has 0 radical (unpaired) electrons. The average Bonchev–Trinajstić information content (AvgIpc) is 2.07. The van der Waals surface area contributed by atoms with Crippen molar-refractivity contribution < 1.29 is 18.0 Å². The maximum Gasteiger partial charge on any atom is 0.389 e. The molecule has 0 atom stereocenters. The summed E-state index contributed by atoms with van der Waals surface area (Å²) in [4.78, 5) is 10.9. The lowest BCUT2D eigenvalue weighted by Gasteiger charge is -2.06. The van der Waals surface area contributed by atoms with Crippen molar-refractivity contribution in [1.29, 1.82) is 0 Å². The zero-order chi connectivity index (χ0) is 11.0. The number of rotatable bonds is 6. The van der Waals surface area contributed by atoms with Crippen LogP contribution in [0.15, 0.2) is 0 Å². The van der Waals surface area contributed by atoms with E-state index in [4.69, 9.17) is 5.73 Å². The van der Waals surface area contributed by atoms with Crippen molar-refractivity contribution >= 4 is 5.91 Å². The third-order valence-corrected chi connectivity index (χ3v) is 1.57. The first kappa shape index (κ1) is 13.2. The largest absolute Gasteiger partial charge is 0.389 e. The minimum absolute atomic E-state index is 0.0716. The highest BCUT2D eigenvalue weighted by molar-refractivity contribution is 5.75. The summed E-state index contributed by atoms with van der Waals surface area (Å²) in [5.41, 5.74) is 5.16. The lowest BCUT2D eigenvalue weighted by atomic mass is 10.2. The van der Waals surface area contributed by atoms with Crippen molar-refractivity contribution in [3.05, 3.63) is 0 Å². The summed E-state index contributed by atoms with van der Waals surface area (Å²) in [5.74, 6) is -0.238. The van der Waals surface area contributed by atoms with E-state index >= 15 is 0 Å². The van der Waals surface area contributed by atoms with Gasteiger partial charge in [-0.25, -0.2) is 0 Å². The van der Waals surface area contributed by atoms with E-state index in [1.807, 2.05) is 0 Å². The van der Waals surface area contributed by atoms with Crippen molar-refractivity contribution in [2.24, 2.45) is 5.73 Å². The van der Waals surface area contributed by atoms with Crippen LogP contribution in [0.5, 0.6) is 0 Å². The molecule has 84 valence electrons. The molecule has 0 saturated heterocycles. The highest BCUT2D eigenvalue weighted by Gasteiger charge is 2.25. The van der Waals surface area contributed by atoms with Gasteiger partial charge in [0.25, 0.3) is 0 Å². The second-order valence-electron chi connectivity index (χ2n) is 2.96. The van der Waals surface area contributed by atoms with Gasteiger partial charge in [0.1, 0.15) is 0 Å². The van der Waals surface area contributed by atoms with E-state index in [9.17, 15) is 18.0 Å². The van der Waals surface area contributed by atoms with Crippen LogP contribution >= 0.6 is 0 Å². The molecule has 6 heteroatoms. The Morgan fingerprint density at radius 3 is 2.43 bits per heavy atom. The first-order chi connectivity index (χ1) is 6.45. The van der Waals surface area contributed by atoms with E-state index in [-0.39, 0.29) is 25.3 Å². The molecule has 0 aliphatic rings. The van der Waals surface area contributed by atoms with E-state index in [0.29, 0.717) is 13.0 Å². The SMILES string of the molecule is NCCCC(=O)NCCCC(F)(F)F. The molecule has 1 amide bonds. The zero-order valence-corrected chi connectivity index (χ0v) is 7.86. The third kappa shape index (κ3) is 9.31. The number of hydrogen-bond acceptors (Lipinski definition) is 2. The monoisotopic (exact) mass is 212 g/mol. The molecule has 3 nitrogen and oxygen atoms in total. The minimum atomic E-state index is -4.14. The minimum Gasteiger partial charge on any atom is -0.356 e. The standard InChI is InChI=1S/C8H15F3N2O/c9-8(10,11)4-2-6-13-7(14)3-1-5-12/h1-6,12H2,(H,13,14). The van der Waals surface area contributed by atoms with E-state index in [0.717, 1.165) is 0 Å². The molecule has 0 aliphatic heterocycles. The molecule has 0 aromatic heterocycles. The summed E-state index contributed by atoms with van der Waals surface area (Å²) in [6.07, 6.45) is -4.22. The summed E-state index contributed by atoms with van der Waals surface area (Å²) >= 11 is 0. The van der Waals surface area contributed by atoms with Crippen LogP contribution in [0, 0.1) is 0 Å². The van der Waals surface area contributed by atoms with Gasteiger partial charge in [-0.15, -0.1) is 0 Å². The fourth-order valence-electron chi connectivity index (χ4n) is 0.868. The summed E-state index contributed by atoms with van der Waals surface area (Å²) < 4.78 is 35.0. The van der Waals surface area contributed by atoms with Gasteiger partial charge in [0.2, 0.25) is 5.91 Å². The number of nitrogens with two attached hydrogens (primary N) is 1. The Balaban J connectivity index is 3.32. The lowest BCUT2D eigenvalue weighted by Crippen LogP contribution is -2.25. The van der Waals surface area contributed by atoms with Gasteiger partial charge >= 0.3 is 6.18 Å². The van der Waals surface area contributed by atoms with Crippen LogP contribution in [-0.2, 0) is 4.79 Å². The molecule has 0 rings (SSSR count). The zero-order valence-electron chi connectivity index (χ0n) is 7.86. The van der Waals surface area contributed by atoms with Crippen LogP contribution in [0.25, 0.3) is 0 Å². The molecule has 0 heterocycles. The molecule has 0 spiro atoms. The second-order valence-corrected chi connectivity index (χ2v) is 2.96. The highest BCUT2D eigenvalue weighted by Crippen LogP contribution is 2.20. The van der Waals surface area contributed by atoms with Crippen LogP contribution in [0.4, 0.5) is 13.2 Å². The summed E-state index contributed by atoms with van der Waals surface area (Å²) in [5, 5.41) is 2.40. The topological polar surface area (TPSA) is 55.1 Å². The van der Waals surface area contributed by atoms with Gasteiger partial charge in [-0.3, -0.25) is 4.79 Å². The Hall–Kier alpha value is -0.780. The van der Waals surface area contributed by atoms with Crippen molar-refractivity contribution in [3.8, 4) is 0 Å². The maximum atomic E-state index is 11.7. The number of amides is 1. The van der Waals surface area contributed by atoms with Gasteiger partial charge in [-0.2, -0.15) is 13.2 Å². The molecule has 0 fully saturated rings. The number of nitrogens with one attached hydrogen (secondary N) is 1. The predicted molar refractivity (Wildman–Crippen MR) is 46.6 cm³/mol. The van der Waals surface area contributed by atoms with E-state index in [1.54, 1.807) is 0 Å². The Kier molecular flexibility index (Phi) is 6.27. The van der Waals surface area contributed by atoms with Crippen LogP contribution in [-0.4, -0.2) is 25.2 Å². The van der Waals surface area contributed by atoms with E-state index < -0.39 is 12.6 Å². The molecule has 0 aromatic carbocycles. The van der Waals surface area contributed by atoms with Crippen LogP contribution in [0.1, 0.15) is 25.7 Å². The molecule has 0 aliphatic carbocycles. The molecule has 0 saturated carbocycles. The predicted octanol–water partition coefficient (Wildman–Crippen LogP) is 1.18. The Morgan fingerprint density at radius 1 is 1.29 bits per heavy atom. The lowest BCUT2D eigenvalue weighted by molar-refractivity contribution is -0.136. The average molecular weight is 212 g/mol. The number of hydrogen-bond donors (Lipinski definition) is 2. The maximum absolute atomic E-state index is 11.7. The quantitative estimate of drug-likeness (QED) is 0.650. The Morgan fingerprint density at radius 2 is 1.93 bits per heavy atom. The molecular weight excluding hydrogens is 197 g/mol. The molecule has 0 aromatic rings. The number of carbonyl (C=O) groups excluding carboxylic acids is 1. The smallest absolute Gasteiger partial charge is 0.356 e. The molecule has 0 unspecified atom stereocenters. The second kappa shape index (κ2) is 6.64. The van der Waals surface area contributed by atoms with Crippen LogP contribution in [0.2, 0.25) is 0 Å². The summed E-state index contributed by atoms with van der Waals surface area (Å²) in [7, 11) is 0. The van der Waals surface area contributed by atoms with Crippen LogP contribution in [0.3, 0.4) is 0 Å². The number of alkyl halides is 3. The molecule has 14 heavy (non-hydrogen) atoms. The van der Waals surface area contributed by atoms with Gasteiger partial charge in [0.15, 0.2) is 0 Å². The van der Waals surface area contributed by atoms with Crippen LogP contribution < -0.4 is 11.1 Å². The first-order valence-electron chi connectivity index (χ1n) is 4.49. The third-order valence-electron chi connectivity index (χ3n) is 1.57. The summed E-state index contributed by atoms with van der Waals surface area (Å²) in [6.45, 7) is 0.485. The first-order valence-corrected chi connectivity index (χ1v) is 4.49. The fourth-order valence-corrected chi connectivity index (χ4v) is 0.868. The van der Waals surface area contributed by atoms with Crippen molar-refractivity contribution in [2.75, 3.05) is 13.1 Å². The van der Waals surface area contributed by atoms with Gasteiger partial charge in [-0.05, 0) is 19.4 Å². The Bertz CT molecular complexity index is 170. The van der Waals surface area contributed by atoms with Gasteiger partial charge in [-0.1, -0.05) is 0 Å². The van der Waals surface area contributed by atoms with E-state index in [2.05, 4.69) is 5.32 Å². The Labute approximate surface area is 80.8 Å². The normalized spacial score (nSPS) is 11.4.